The number of anilines is 1. The van der Waals surface area contributed by atoms with Crippen molar-refractivity contribution >= 4 is 47.6 Å². The van der Waals surface area contributed by atoms with Gasteiger partial charge in [0, 0.05) is 0 Å². The van der Waals surface area contributed by atoms with E-state index in [0.29, 0.717) is 11.3 Å². The van der Waals surface area contributed by atoms with Crippen LogP contribution in [0, 0.1) is 0 Å². The first-order valence-corrected chi connectivity index (χ1v) is 14.9. The van der Waals surface area contributed by atoms with Crippen molar-refractivity contribution in [2.24, 2.45) is 0 Å². The van der Waals surface area contributed by atoms with Crippen molar-refractivity contribution in [3.8, 4) is 0 Å². The summed E-state index contributed by atoms with van der Waals surface area (Å²) in [6, 6.07) is 22.4. The van der Waals surface area contributed by atoms with Crippen LogP contribution < -0.4 is 9.67 Å². The monoisotopic (exact) mass is 489 g/mol. The molecule has 0 aliphatic rings. The van der Waals surface area contributed by atoms with Crippen molar-refractivity contribution in [2.45, 2.75) is 23.9 Å². The fourth-order valence-corrected chi connectivity index (χ4v) is 5.25. The molecule has 0 saturated heterocycles. The third-order valence-electron chi connectivity index (χ3n) is 5.37. The van der Waals surface area contributed by atoms with Crippen LogP contribution in [-0.4, -0.2) is 41.2 Å². The molecule has 32 heavy (non-hydrogen) atoms. The Balaban J connectivity index is 1.64. The number of rotatable bonds is 7. The zero-order valence-electron chi connectivity index (χ0n) is 17.9. The van der Waals surface area contributed by atoms with Gasteiger partial charge in [0.15, 0.2) is 0 Å². The number of benzene rings is 3. The molecule has 7 heteroatoms. The number of carboxylic acids is 1. The second-order valence-electron chi connectivity index (χ2n) is 7.78. The third-order valence-corrected chi connectivity index (χ3v) is 8.16. The first-order valence-electron chi connectivity index (χ1n) is 10.2. The van der Waals surface area contributed by atoms with Crippen LogP contribution in [0.5, 0.6) is 0 Å². The zero-order chi connectivity index (χ0) is 22.7. The summed E-state index contributed by atoms with van der Waals surface area (Å²) in [5.74, 6) is -1.07. The molecule has 3 aromatic carbocycles. The zero-order valence-corrected chi connectivity index (χ0v) is 19.8. The van der Waals surface area contributed by atoms with E-state index in [-0.39, 0.29) is 12.3 Å². The van der Waals surface area contributed by atoms with Gasteiger partial charge in [-0.2, -0.15) is 0 Å². The Morgan fingerprint density at radius 3 is 2.41 bits per heavy atom. The summed E-state index contributed by atoms with van der Waals surface area (Å²) in [5.41, 5.74) is 8.14. The molecular formula is C25H24AsN3O3. The molecule has 1 aromatic heterocycles. The number of amides is 1. The van der Waals surface area contributed by atoms with Gasteiger partial charge in [-0.1, -0.05) is 30.3 Å². The molecule has 4 rings (SSSR count). The van der Waals surface area contributed by atoms with Crippen LogP contribution in [0.15, 0.2) is 79.1 Å². The van der Waals surface area contributed by atoms with Gasteiger partial charge in [0.2, 0.25) is 0 Å². The van der Waals surface area contributed by atoms with Crippen LogP contribution in [0.1, 0.15) is 28.4 Å². The van der Waals surface area contributed by atoms with Gasteiger partial charge < -0.3 is 5.11 Å². The summed E-state index contributed by atoms with van der Waals surface area (Å²) in [6.45, 7) is 0. The summed E-state index contributed by atoms with van der Waals surface area (Å²) < 4.78 is 3.18. The van der Waals surface area contributed by atoms with Gasteiger partial charge in [-0.3, -0.25) is 4.79 Å². The molecule has 0 bridgehead atoms. The average molecular weight is 489 g/mol. The van der Waals surface area contributed by atoms with Crippen molar-refractivity contribution in [3.63, 3.8) is 0 Å². The van der Waals surface area contributed by atoms with E-state index in [4.69, 9.17) is 0 Å². The van der Waals surface area contributed by atoms with E-state index in [9.17, 15) is 14.7 Å². The Morgan fingerprint density at radius 1 is 1.03 bits per heavy atom. The van der Waals surface area contributed by atoms with Gasteiger partial charge in [-0.05, 0) is 0 Å². The predicted octanol–water partition coefficient (Wildman–Crippen LogP) is 4.31. The Hall–Kier alpha value is -3.37. The quantitative estimate of drug-likeness (QED) is 0.379. The summed E-state index contributed by atoms with van der Waals surface area (Å²) in [4.78, 5) is 28.8. The number of aliphatic carboxylic acids is 1. The molecule has 0 saturated carbocycles. The number of carboxylic acid groups (broad SMARTS) is 1. The minimum absolute atomic E-state index is 0.0717. The number of aromatic nitrogens is 2. The summed E-state index contributed by atoms with van der Waals surface area (Å²) in [6.07, 6.45) is 1.59. The molecule has 1 unspecified atom stereocenters. The van der Waals surface area contributed by atoms with Gasteiger partial charge in [-0.15, -0.1) is 0 Å². The number of fused-ring (bicyclic) bond motifs is 1. The number of nitrogens with one attached hydrogen (secondary N) is 1. The Kier molecular flexibility index (Phi) is 6.42. The second-order valence-corrected chi connectivity index (χ2v) is 12.6. The number of carbonyl (C=O) groups excluding carboxylic acids is 1. The van der Waals surface area contributed by atoms with Gasteiger partial charge >= 0.3 is 151 Å². The number of nitrogens with zero attached hydrogens (tertiary/aromatic N) is 2. The summed E-state index contributed by atoms with van der Waals surface area (Å²) in [5, 5.41) is 12.4. The van der Waals surface area contributed by atoms with Crippen LogP contribution in [0.4, 0.5) is 5.69 Å². The maximum absolute atomic E-state index is 12.8. The molecule has 1 atom stereocenters. The molecule has 4 aromatic rings. The van der Waals surface area contributed by atoms with Crippen molar-refractivity contribution < 1.29 is 14.7 Å². The molecule has 2 N–H and O–H groups in total. The van der Waals surface area contributed by atoms with Crippen LogP contribution in [0.25, 0.3) is 11.0 Å². The number of carbonyl (C=O) groups is 2. The predicted molar refractivity (Wildman–Crippen MR) is 128 cm³/mol. The van der Waals surface area contributed by atoms with Gasteiger partial charge in [0.25, 0.3) is 0 Å². The molecule has 1 heterocycles. The van der Waals surface area contributed by atoms with E-state index in [1.165, 1.54) is 4.35 Å². The van der Waals surface area contributed by atoms with Crippen molar-refractivity contribution in [1.29, 1.82) is 0 Å². The fourth-order valence-electron chi connectivity index (χ4n) is 3.68. The number of hydrogen-bond acceptors (Lipinski definition) is 3. The van der Waals surface area contributed by atoms with E-state index < -0.39 is 26.7 Å². The van der Waals surface area contributed by atoms with Crippen LogP contribution in [-0.2, 0) is 4.79 Å². The Labute approximate surface area is 191 Å². The normalized spacial score (nSPS) is 12.1. The molecular weight excluding hydrogens is 465 g/mol. The van der Waals surface area contributed by atoms with E-state index >= 15 is 0 Å². The first-order chi connectivity index (χ1) is 15.4. The molecule has 1 amide bonds. The topological polar surface area (TPSA) is 84.2 Å². The molecule has 0 radical (unpaired) electrons. The summed E-state index contributed by atoms with van der Waals surface area (Å²) >= 11 is -0.971. The Morgan fingerprint density at radius 2 is 1.75 bits per heavy atom. The van der Waals surface area contributed by atoms with Crippen LogP contribution >= 0.6 is 0 Å². The van der Waals surface area contributed by atoms with E-state index in [0.717, 1.165) is 16.6 Å². The molecule has 0 aliphatic carbocycles. The van der Waals surface area contributed by atoms with Gasteiger partial charge in [0.1, 0.15) is 0 Å². The fraction of sp³-hybridized carbons (Fsp3) is 0.160. The third kappa shape index (κ3) is 4.76. The van der Waals surface area contributed by atoms with Crippen LogP contribution in [0.2, 0.25) is 11.4 Å². The molecule has 0 fully saturated rings. The average Bonchev–Trinajstić information content (AvgIpc) is 3.21. The molecule has 162 valence electrons. The van der Waals surface area contributed by atoms with Crippen molar-refractivity contribution in [3.05, 3.63) is 90.3 Å². The maximum atomic E-state index is 12.8. The second kappa shape index (κ2) is 9.41. The molecule has 0 aliphatic heterocycles. The standard InChI is InChI=1S/C25H24AsN3O3/c1-26(2)19-10-8-18(9-11-19)25(32)28-20-12-13-21-23(14-20)29(16-27-21)22(15-24(30)31)17-6-4-3-5-7-17/h3-14,16,22H,15H2,1-2H3,(H,28,32)(H,30,31). The summed E-state index contributed by atoms with van der Waals surface area (Å²) in [7, 11) is 0. The molecule has 0 spiro atoms. The van der Waals surface area contributed by atoms with Gasteiger partial charge in [0.05, 0.1) is 0 Å². The number of imidazole rings is 1. The van der Waals surface area contributed by atoms with Crippen molar-refractivity contribution in [2.75, 3.05) is 5.32 Å². The SMILES string of the molecule is C[As](C)c1ccc(C(=O)Nc2ccc3ncn(C(CC(=O)O)c4ccccc4)c3c2)cc1. The Bertz CT molecular complexity index is 1250. The van der Waals surface area contributed by atoms with Gasteiger partial charge in [-0.25, -0.2) is 0 Å². The number of hydrogen-bond donors (Lipinski definition) is 2. The minimum atomic E-state index is -0.971. The molecule has 6 nitrogen and oxygen atoms in total. The van der Waals surface area contributed by atoms with E-state index in [1.807, 2.05) is 77.4 Å². The van der Waals surface area contributed by atoms with E-state index in [1.54, 1.807) is 6.33 Å². The van der Waals surface area contributed by atoms with Crippen LogP contribution in [0.3, 0.4) is 0 Å². The van der Waals surface area contributed by atoms with E-state index in [2.05, 4.69) is 21.7 Å². The van der Waals surface area contributed by atoms with Crippen molar-refractivity contribution in [1.82, 2.24) is 9.55 Å². The first kappa shape index (κ1) is 21.8.